The van der Waals surface area contributed by atoms with Crippen molar-refractivity contribution >= 4 is 24.0 Å². The molecule has 0 fully saturated rings. The van der Waals surface area contributed by atoms with Gasteiger partial charge in [0.05, 0.1) is 0 Å². The molecule has 0 spiro atoms. The molecule has 1 nitrogen and oxygen atoms in total. The Hall–Kier alpha value is -0.260. The Morgan fingerprint density at radius 1 is 1.25 bits per heavy atom. The SMILES string of the molecule is CP(C)(=O)c1ccc(CCl)cc1. The monoisotopic (exact) mass is 202 g/mol. The number of halogens is 1. The van der Waals surface area contributed by atoms with Crippen molar-refractivity contribution in [2.75, 3.05) is 13.3 Å². The van der Waals surface area contributed by atoms with Crippen LogP contribution in [0.25, 0.3) is 0 Å². The fourth-order valence-electron chi connectivity index (χ4n) is 0.944. The van der Waals surface area contributed by atoms with E-state index in [1.807, 2.05) is 24.3 Å². The summed E-state index contributed by atoms with van der Waals surface area (Å²) in [6.45, 7) is 3.53. The molecule has 0 radical (unpaired) electrons. The van der Waals surface area contributed by atoms with Crippen LogP contribution in [0.5, 0.6) is 0 Å². The Labute approximate surface area is 78.1 Å². The molecule has 0 heterocycles. The van der Waals surface area contributed by atoms with Crippen molar-refractivity contribution < 1.29 is 4.57 Å². The van der Waals surface area contributed by atoms with Crippen LogP contribution in [0.3, 0.4) is 0 Å². The van der Waals surface area contributed by atoms with Crippen molar-refractivity contribution in [2.45, 2.75) is 5.88 Å². The zero-order chi connectivity index (χ0) is 9.19. The zero-order valence-electron chi connectivity index (χ0n) is 7.25. The lowest BCUT2D eigenvalue weighted by atomic mass is 10.2. The molecule has 0 atom stereocenters. The van der Waals surface area contributed by atoms with E-state index in [0.717, 1.165) is 10.9 Å². The average Bonchev–Trinajstić information content (AvgIpc) is 2.03. The van der Waals surface area contributed by atoms with Crippen LogP contribution in [-0.2, 0) is 10.4 Å². The lowest BCUT2D eigenvalue weighted by molar-refractivity contribution is 0.588. The van der Waals surface area contributed by atoms with Crippen LogP contribution in [0.2, 0.25) is 0 Å². The van der Waals surface area contributed by atoms with Crippen LogP contribution in [0.4, 0.5) is 0 Å². The van der Waals surface area contributed by atoms with Crippen LogP contribution in [0.1, 0.15) is 5.56 Å². The van der Waals surface area contributed by atoms with Gasteiger partial charge < -0.3 is 4.57 Å². The average molecular weight is 203 g/mol. The standard InChI is InChI=1S/C9H12ClOP/c1-12(2,11)9-5-3-8(7-10)4-6-9/h3-6H,7H2,1-2H3. The van der Waals surface area contributed by atoms with Crippen molar-refractivity contribution in [1.29, 1.82) is 0 Å². The van der Waals surface area contributed by atoms with Crippen molar-refractivity contribution in [3.63, 3.8) is 0 Å². The van der Waals surface area contributed by atoms with Gasteiger partial charge in [0.2, 0.25) is 0 Å². The van der Waals surface area contributed by atoms with Gasteiger partial charge in [-0.2, -0.15) is 0 Å². The molecule has 0 aliphatic carbocycles. The first-order valence-electron chi connectivity index (χ1n) is 3.74. The number of hydrogen-bond acceptors (Lipinski definition) is 1. The van der Waals surface area contributed by atoms with E-state index in [0.29, 0.717) is 5.88 Å². The maximum Gasteiger partial charge on any atom is 0.109 e. The summed E-state index contributed by atoms with van der Waals surface area (Å²) in [6.07, 6.45) is 0. The van der Waals surface area contributed by atoms with Crippen molar-refractivity contribution in [3.05, 3.63) is 29.8 Å². The molecule has 1 rings (SSSR count). The second-order valence-corrected chi connectivity index (χ2v) is 6.64. The Morgan fingerprint density at radius 3 is 2.08 bits per heavy atom. The molecule has 0 unspecified atom stereocenters. The number of benzene rings is 1. The number of alkyl halides is 1. The molecule has 1 aromatic carbocycles. The molecule has 0 aliphatic rings. The quantitative estimate of drug-likeness (QED) is 0.532. The normalized spacial score (nSPS) is 11.6. The molecule has 0 bridgehead atoms. The van der Waals surface area contributed by atoms with Crippen LogP contribution in [0.15, 0.2) is 24.3 Å². The third-order valence-corrected chi connectivity index (χ3v) is 3.56. The summed E-state index contributed by atoms with van der Waals surface area (Å²) >= 11 is 5.62. The maximum atomic E-state index is 11.6. The van der Waals surface area contributed by atoms with Crippen molar-refractivity contribution in [2.24, 2.45) is 0 Å². The van der Waals surface area contributed by atoms with Crippen LogP contribution >= 0.6 is 18.7 Å². The maximum absolute atomic E-state index is 11.6. The molecule has 0 saturated heterocycles. The molecule has 0 saturated carbocycles. The number of hydrogen-bond donors (Lipinski definition) is 0. The first-order chi connectivity index (χ1) is 5.54. The highest BCUT2D eigenvalue weighted by atomic mass is 35.5. The van der Waals surface area contributed by atoms with Crippen LogP contribution in [-0.4, -0.2) is 13.3 Å². The predicted molar refractivity (Wildman–Crippen MR) is 55.1 cm³/mol. The second kappa shape index (κ2) is 3.64. The Kier molecular flexibility index (Phi) is 2.98. The van der Waals surface area contributed by atoms with E-state index in [1.54, 1.807) is 13.3 Å². The molecule has 0 amide bonds. The first kappa shape index (κ1) is 9.83. The van der Waals surface area contributed by atoms with E-state index in [-0.39, 0.29) is 0 Å². The van der Waals surface area contributed by atoms with Crippen molar-refractivity contribution in [3.8, 4) is 0 Å². The lowest BCUT2D eigenvalue weighted by Crippen LogP contribution is -2.01. The molecule has 66 valence electrons. The van der Waals surface area contributed by atoms with E-state index in [4.69, 9.17) is 11.6 Å². The lowest BCUT2D eigenvalue weighted by Gasteiger charge is -2.06. The molecule has 0 aromatic heterocycles. The molecule has 0 N–H and O–H groups in total. The van der Waals surface area contributed by atoms with E-state index in [9.17, 15) is 4.57 Å². The van der Waals surface area contributed by atoms with E-state index >= 15 is 0 Å². The highest BCUT2D eigenvalue weighted by Crippen LogP contribution is 2.34. The summed E-state index contributed by atoms with van der Waals surface area (Å²) < 4.78 is 11.6. The smallest absolute Gasteiger partial charge is 0.109 e. The fourth-order valence-corrected chi connectivity index (χ4v) is 1.99. The van der Waals surface area contributed by atoms with E-state index in [1.165, 1.54) is 0 Å². The van der Waals surface area contributed by atoms with Gasteiger partial charge in [-0.15, -0.1) is 11.6 Å². The molecule has 0 aliphatic heterocycles. The molecular weight excluding hydrogens is 191 g/mol. The summed E-state index contributed by atoms with van der Waals surface area (Å²) in [5, 5.41) is 0.913. The van der Waals surface area contributed by atoms with Gasteiger partial charge in [0.15, 0.2) is 0 Å². The summed E-state index contributed by atoms with van der Waals surface area (Å²) in [7, 11) is -2.09. The Bertz CT molecular complexity index is 299. The zero-order valence-corrected chi connectivity index (χ0v) is 8.90. The largest absolute Gasteiger partial charge is 0.319 e. The molecule has 3 heteroatoms. The summed E-state index contributed by atoms with van der Waals surface area (Å²) in [6, 6.07) is 7.61. The van der Waals surface area contributed by atoms with Gasteiger partial charge in [0.25, 0.3) is 0 Å². The highest BCUT2D eigenvalue weighted by Gasteiger charge is 2.09. The molecule has 12 heavy (non-hydrogen) atoms. The Morgan fingerprint density at radius 2 is 1.75 bits per heavy atom. The van der Waals surface area contributed by atoms with E-state index in [2.05, 4.69) is 0 Å². The minimum atomic E-state index is -2.09. The van der Waals surface area contributed by atoms with Gasteiger partial charge in [-0.1, -0.05) is 24.3 Å². The summed E-state index contributed by atoms with van der Waals surface area (Å²) in [4.78, 5) is 0. The van der Waals surface area contributed by atoms with Crippen molar-refractivity contribution in [1.82, 2.24) is 0 Å². The summed E-state index contributed by atoms with van der Waals surface area (Å²) in [5.41, 5.74) is 1.06. The molecule has 1 aromatic rings. The predicted octanol–water partition coefficient (Wildman–Crippen LogP) is 2.67. The highest BCUT2D eigenvalue weighted by molar-refractivity contribution is 7.70. The van der Waals surface area contributed by atoms with Gasteiger partial charge in [-0.25, -0.2) is 0 Å². The minimum absolute atomic E-state index is 0.512. The first-order valence-corrected chi connectivity index (χ1v) is 6.88. The number of rotatable bonds is 2. The van der Waals surface area contributed by atoms with Crippen LogP contribution < -0.4 is 5.30 Å². The Balaban J connectivity index is 3.01. The molecular formula is C9H12ClOP. The topological polar surface area (TPSA) is 17.1 Å². The van der Waals surface area contributed by atoms with Gasteiger partial charge in [-0.05, 0) is 18.9 Å². The minimum Gasteiger partial charge on any atom is -0.319 e. The van der Waals surface area contributed by atoms with Crippen LogP contribution in [0, 0.1) is 0 Å². The van der Waals surface area contributed by atoms with Gasteiger partial charge >= 0.3 is 0 Å². The van der Waals surface area contributed by atoms with Gasteiger partial charge in [0.1, 0.15) is 7.14 Å². The second-order valence-electron chi connectivity index (χ2n) is 3.15. The third-order valence-electron chi connectivity index (χ3n) is 1.71. The van der Waals surface area contributed by atoms with E-state index < -0.39 is 7.14 Å². The van der Waals surface area contributed by atoms with Gasteiger partial charge in [0, 0.05) is 11.2 Å². The fraction of sp³-hybridized carbons (Fsp3) is 0.333. The third kappa shape index (κ3) is 2.36. The van der Waals surface area contributed by atoms with Gasteiger partial charge in [-0.3, -0.25) is 0 Å². The summed E-state index contributed by atoms with van der Waals surface area (Å²) in [5.74, 6) is 0.512.